The molecule has 52 heavy (non-hydrogen) atoms. The van der Waals surface area contributed by atoms with Crippen molar-refractivity contribution in [2.75, 3.05) is 61.0 Å². The molecule has 290 valence electrons. The van der Waals surface area contributed by atoms with Gasteiger partial charge in [-0.3, -0.25) is 14.7 Å². The molecule has 2 rings (SSSR count). The molecule has 0 aromatic heterocycles. The molecular weight excluding hydrogens is 670 g/mol. The minimum atomic E-state index is -1.46. The summed E-state index contributed by atoms with van der Waals surface area (Å²) in [6.45, 7) is 13.9. The van der Waals surface area contributed by atoms with Crippen LogP contribution in [0.4, 0.5) is 9.59 Å². The van der Waals surface area contributed by atoms with Crippen LogP contribution in [0.2, 0.25) is 0 Å². The van der Waals surface area contributed by atoms with Crippen LogP contribution in [0.5, 0.6) is 0 Å². The van der Waals surface area contributed by atoms with Crippen molar-refractivity contribution in [3.8, 4) is 0 Å². The van der Waals surface area contributed by atoms with E-state index in [4.69, 9.17) is 28.4 Å². The van der Waals surface area contributed by atoms with Crippen LogP contribution in [0, 0.1) is 0 Å². The van der Waals surface area contributed by atoms with Crippen LogP contribution in [0.15, 0.2) is 60.7 Å². The van der Waals surface area contributed by atoms with Crippen molar-refractivity contribution in [1.82, 2.24) is 14.7 Å². The van der Waals surface area contributed by atoms with Gasteiger partial charge in [0.1, 0.15) is 49.0 Å². The maximum Gasteiger partial charge on any atom is 0.413 e. The zero-order valence-corrected chi connectivity index (χ0v) is 32.9. The first kappa shape index (κ1) is 44.0. The van der Waals surface area contributed by atoms with Crippen LogP contribution in [0.3, 0.4) is 0 Å². The molecule has 0 bridgehead atoms. The van der Waals surface area contributed by atoms with Crippen LogP contribution >= 0.6 is 0 Å². The largest absolute Gasteiger partial charge is 0.463 e. The van der Waals surface area contributed by atoms with E-state index in [2.05, 4.69) is 0 Å². The molecule has 2 atom stereocenters. The monoisotopic (exact) mass is 729 g/mol. The van der Waals surface area contributed by atoms with Gasteiger partial charge >= 0.3 is 24.1 Å². The Morgan fingerprint density at radius 1 is 0.558 bits per heavy atom. The maximum atomic E-state index is 13.8. The van der Waals surface area contributed by atoms with Gasteiger partial charge in [0.2, 0.25) is 0 Å². The molecule has 0 aliphatic heterocycles. The molecule has 0 N–H and O–H groups in total. The third-order valence-electron chi connectivity index (χ3n) is 8.01. The number of carbonyl (C=O) groups is 4. The van der Waals surface area contributed by atoms with E-state index in [9.17, 15) is 19.2 Å². The van der Waals surface area contributed by atoms with Gasteiger partial charge in [-0.25, -0.2) is 19.2 Å². The van der Waals surface area contributed by atoms with Crippen molar-refractivity contribution >= 4 is 24.1 Å². The van der Waals surface area contributed by atoms with Crippen LogP contribution in [0.25, 0.3) is 0 Å². The van der Waals surface area contributed by atoms with E-state index in [1.54, 1.807) is 62.4 Å². The van der Waals surface area contributed by atoms with Crippen LogP contribution in [-0.4, -0.2) is 122 Å². The first-order valence-electron chi connectivity index (χ1n) is 17.4. The van der Waals surface area contributed by atoms with Gasteiger partial charge < -0.3 is 28.4 Å². The lowest BCUT2D eigenvalue weighted by atomic mass is 9.91. The number of hydrogen-bond donors (Lipinski definition) is 0. The Labute approximate surface area is 309 Å². The summed E-state index contributed by atoms with van der Waals surface area (Å²) < 4.78 is 33.4. The third-order valence-corrected chi connectivity index (χ3v) is 8.01. The van der Waals surface area contributed by atoms with Crippen LogP contribution in [0.1, 0.15) is 66.5 Å². The fourth-order valence-corrected chi connectivity index (χ4v) is 5.24. The lowest BCUT2D eigenvalue weighted by molar-refractivity contribution is -0.161. The number of nitrogens with zero attached hydrogens (tertiary/aromatic N) is 3. The summed E-state index contributed by atoms with van der Waals surface area (Å²) in [6, 6.07) is 18.6. The highest BCUT2D eigenvalue weighted by Crippen LogP contribution is 2.27. The fraction of sp³-hybridized carbons (Fsp3) is 0.590. The Balaban J connectivity index is 2.14. The second-order valence-corrected chi connectivity index (χ2v) is 15.1. The normalized spacial score (nSPS) is 14.1. The smallest absolute Gasteiger partial charge is 0.413 e. The lowest BCUT2D eigenvalue weighted by Crippen LogP contribution is -2.59. The summed E-state index contributed by atoms with van der Waals surface area (Å²) in [5.41, 5.74) is -2.88. The summed E-state index contributed by atoms with van der Waals surface area (Å²) in [5, 5.41) is 0. The Kier molecular flexibility index (Phi) is 16.6. The predicted octanol–water partition coefficient (Wildman–Crippen LogP) is 5.69. The molecule has 13 nitrogen and oxygen atoms in total. The minimum absolute atomic E-state index is 0.00518. The zero-order valence-electron chi connectivity index (χ0n) is 32.9. The summed E-state index contributed by atoms with van der Waals surface area (Å²) in [4.78, 5) is 58.6. The standard InChI is InChI=1S/C39H59N3O10/c1-36(2,3)51-34(45)41(28-47-10)38(7,26-30-18-14-12-15-19-30)32(43)49-24-22-40(9)23-25-50-33(44)39(8,27-31-20-16-13-17-21-31)42(29-48-11)35(46)52-37(4,5)6/h12-21H,22-29H2,1-11H3/t38-,39-/m1/s1. The molecule has 0 saturated heterocycles. The van der Waals surface area contributed by atoms with E-state index in [0.717, 1.165) is 11.1 Å². The van der Waals surface area contributed by atoms with Gasteiger partial charge in [-0.2, -0.15) is 0 Å². The van der Waals surface area contributed by atoms with Crippen LogP contribution < -0.4 is 0 Å². The van der Waals surface area contributed by atoms with E-state index in [1.807, 2.05) is 65.6 Å². The lowest BCUT2D eigenvalue weighted by Gasteiger charge is -2.39. The van der Waals surface area contributed by atoms with Gasteiger partial charge in [-0.15, -0.1) is 0 Å². The highest BCUT2D eigenvalue weighted by molar-refractivity contribution is 5.86. The molecule has 0 unspecified atom stereocenters. The van der Waals surface area contributed by atoms with Crippen molar-refractivity contribution in [3.05, 3.63) is 71.8 Å². The number of methoxy groups -OCH3 is 2. The molecule has 2 amide bonds. The molecule has 0 fully saturated rings. The number of carbonyl (C=O) groups excluding carboxylic acids is 4. The molecule has 0 aliphatic carbocycles. The van der Waals surface area contributed by atoms with Crippen molar-refractivity contribution < 1.29 is 47.6 Å². The SMILES string of the molecule is COCN(C(=O)OC(C)(C)C)[C@](C)(Cc1ccccc1)C(=O)OCCN(C)CCOC(=O)[C@@](C)(Cc1ccccc1)N(COC)C(=O)OC(C)(C)C. The summed E-state index contributed by atoms with van der Waals surface area (Å²) >= 11 is 0. The van der Waals surface area contributed by atoms with E-state index >= 15 is 0 Å². The topological polar surface area (TPSA) is 133 Å². The summed E-state index contributed by atoms with van der Waals surface area (Å²) in [6.07, 6.45) is -1.10. The Hall–Kier alpha value is -4.20. The number of rotatable bonds is 18. The fourth-order valence-electron chi connectivity index (χ4n) is 5.24. The Bertz CT molecular complexity index is 1320. The second-order valence-electron chi connectivity index (χ2n) is 15.1. The number of likely N-dealkylation sites (N-methyl/N-ethyl adjacent to an activating group) is 1. The van der Waals surface area contributed by atoms with E-state index in [1.165, 1.54) is 24.0 Å². The molecule has 2 aromatic carbocycles. The number of amides is 2. The van der Waals surface area contributed by atoms with Gasteiger partial charge in [0, 0.05) is 40.2 Å². The maximum absolute atomic E-state index is 13.8. The zero-order chi connectivity index (χ0) is 39.2. The van der Waals surface area contributed by atoms with Gasteiger partial charge in [-0.1, -0.05) is 60.7 Å². The predicted molar refractivity (Wildman–Crippen MR) is 196 cm³/mol. The number of benzene rings is 2. The van der Waals surface area contributed by atoms with E-state index in [0.29, 0.717) is 13.1 Å². The molecule has 2 aromatic rings. The van der Waals surface area contributed by atoms with Gasteiger partial charge in [-0.05, 0) is 73.6 Å². The molecule has 13 heteroatoms. The Morgan fingerprint density at radius 3 is 1.17 bits per heavy atom. The van der Waals surface area contributed by atoms with E-state index < -0.39 is 46.4 Å². The first-order chi connectivity index (χ1) is 24.3. The quantitative estimate of drug-likeness (QED) is 0.107. The van der Waals surface area contributed by atoms with E-state index in [-0.39, 0.29) is 39.5 Å². The highest BCUT2D eigenvalue weighted by atomic mass is 16.6. The number of ether oxygens (including phenoxy) is 6. The third kappa shape index (κ3) is 13.7. The molecule has 0 aliphatic rings. The first-order valence-corrected chi connectivity index (χ1v) is 17.4. The Morgan fingerprint density at radius 2 is 0.885 bits per heavy atom. The summed E-state index contributed by atoms with van der Waals surface area (Å²) in [5.74, 6) is -1.26. The van der Waals surface area contributed by atoms with Gasteiger partial charge in [0.25, 0.3) is 0 Å². The highest BCUT2D eigenvalue weighted by Gasteiger charge is 2.47. The minimum Gasteiger partial charge on any atom is -0.463 e. The molecule has 0 heterocycles. The van der Waals surface area contributed by atoms with Crippen molar-refractivity contribution in [1.29, 1.82) is 0 Å². The molecular formula is C39H59N3O10. The van der Waals surface area contributed by atoms with Crippen LogP contribution in [-0.2, 0) is 50.9 Å². The average Bonchev–Trinajstić information content (AvgIpc) is 3.05. The van der Waals surface area contributed by atoms with Gasteiger partial charge in [0.15, 0.2) is 0 Å². The molecule has 0 saturated carbocycles. The number of esters is 2. The van der Waals surface area contributed by atoms with Gasteiger partial charge in [0.05, 0.1) is 0 Å². The average molecular weight is 730 g/mol. The van der Waals surface area contributed by atoms with Crippen molar-refractivity contribution in [2.45, 2.75) is 90.5 Å². The number of hydrogen-bond acceptors (Lipinski definition) is 11. The van der Waals surface area contributed by atoms with Crippen molar-refractivity contribution in [2.24, 2.45) is 0 Å². The summed E-state index contributed by atoms with van der Waals surface area (Å²) in [7, 11) is 4.67. The van der Waals surface area contributed by atoms with Crippen molar-refractivity contribution in [3.63, 3.8) is 0 Å². The molecule has 0 spiro atoms. The molecule has 0 radical (unpaired) electrons. The second kappa shape index (κ2) is 19.6.